The molecule has 0 fully saturated rings. The molecule has 0 bridgehead atoms. The van der Waals surface area contributed by atoms with Crippen molar-refractivity contribution >= 4 is 87.2 Å². The number of para-hydroxylation sites is 4. The van der Waals surface area contributed by atoms with Crippen molar-refractivity contribution in [2.24, 2.45) is 0 Å². The van der Waals surface area contributed by atoms with Crippen LogP contribution in [0.1, 0.15) is 47.2 Å². The molecule has 0 aliphatic heterocycles. The largest absolute Gasteiger partial charge is 0.309 e. The second-order valence-corrected chi connectivity index (χ2v) is 31.8. The second kappa shape index (κ2) is 26.4. The molecule has 4 heteroatoms. The van der Waals surface area contributed by atoms with Crippen LogP contribution < -0.4 is 0 Å². The Hall–Kier alpha value is -14.8. The Labute approximate surface area is 673 Å². The van der Waals surface area contributed by atoms with E-state index in [0.29, 0.717) is 0 Å². The maximum Gasteiger partial charge on any atom is 0.0714 e. The van der Waals surface area contributed by atoms with Crippen molar-refractivity contribution in [1.29, 1.82) is 0 Å². The third kappa shape index (κ3) is 10.2. The molecular weight excluding hydrogens is 1400 g/mol. The summed E-state index contributed by atoms with van der Waals surface area (Å²) in [5.74, 6) is 0. The van der Waals surface area contributed by atoms with Gasteiger partial charge in [0.15, 0.2) is 0 Å². The van der Waals surface area contributed by atoms with E-state index in [1.165, 1.54) is 204 Å². The Kier molecular flexibility index (Phi) is 15.2. The standard InChI is InChI=1S/C61H40N2.C51H36N2/c1-5-17-41(18-6-1)42-29-33-48(34-30-42)63-59-36-32-44(43-31-35-58-52(37-43)50-26-14-16-28-57(50)62(58)47-23-11-4-12-24-47)38-53(59)54-39-51-49-25-13-15-27-55(49)61(56(51)40-60(54)63,45-19-7-2-8-20-45)46-21-9-3-10-22-46;1-51(2)44-19-11-9-18-41(44)49-45(51)28-27-40-43-32-36(24-30-48(43)53(50(40)49)38-25-21-34(22-26-38)33-13-5-3-6-14-33)35-23-29-47-42(31-35)39-17-10-12-20-46(39)52(47)37-15-7-4-8-16-37/h1-40H;3-32H,1-2H3. The zero-order chi connectivity index (χ0) is 76.7. The summed E-state index contributed by atoms with van der Waals surface area (Å²) >= 11 is 0. The van der Waals surface area contributed by atoms with Crippen molar-refractivity contribution in [3.8, 4) is 89.5 Å². The molecule has 24 rings (SSSR count). The molecule has 0 atom stereocenters. The molecule has 0 spiro atoms. The summed E-state index contributed by atoms with van der Waals surface area (Å²) in [5, 5.41) is 10.1. The summed E-state index contributed by atoms with van der Waals surface area (Å²) < 4.78 is 9.77. The summed E-state index contributed by atoms with van der Waals surface area (Å²) in [4.78, 5) is 0. The van der Waals surface area contributed by atoms with Gasteiger partial charge in [-0.05, 0) is 216 Å². The molecule has 116 heavy (non-hydrogen) atoms. The van der Waals surface area contributed by atoms with Crippen LogP contribution >= 0.6 is 0 Å². The highest BCUT2D eigenvalue weighted by atomic mass is 15.0. The van der Waals surface area contributed by atoms with Gasteiger partial charge in [-0.3, -0.25) is 0 Å². The van der Waals surface area contributed by atoms with E-state index in [1.807, 2.05) is 0 Å². The molecular formula is C112H76N4. The summed E-state index contributed by atoms with van der Waals surface area (Å²) in [6.07, 6.45) is 0. The van der Waals surface area contributed by atoms with E-state index in [-0.39, 0.29) is 5.41 Å². The van der Waals surface area contributed by atoms with Crippen molar-refractivity contribution in [3.63, 3.8) is 0 Å². The van der Waals surface area contributed by atoms with Gasteiger partial charge in [-0.1, -0.05) is 317 Å². The number of hydrogen-bond acceptors (Lipinski definition) is 0. The zero-order valence-corrected chi connectivity index (χ0v) is 64.2. The van der Waals surface area contributed by atoms with E-state index in [0.717, 1.165) is 5.69 Å². The smallest absolute Gasteiger partial charge is 0.0714 e. The minimum absolute atomic E-state index is 0.0852. The van der Waals surface area contributed by atoms with E-state index in [1.54, 1.807) is 0 Å². The van der Waals surface area contributed by atoms with Crippen LogP contribution in [-0.4, -0.2) is 18.3 Å². The van der Waals surface area contributed by atoms with Gasteiger partial charge in [0.05, 0.1) is 49.5 Å². The van der Waals surface area contributed by atoms with Crippen molar-refractivity contribution in [3.05, 3.63) is 458 Å². The van der Waals surface area contributed by atoms with Crippen LogP contribution in [0.3, 0.4) is 0 Å². The van der Waals surface area contributed by atoms with Gasteiger partial charge in [0.2, 0.25) is 0 Å². The maximum absolute atomic E-state index is 2.51. The molecule has 544 valence electrons. The molecule has 0 N–H and O–H groups in total. The van der Waals surface area contributed by atoms with Crippen LogP contribution in [0.5, 0.6) is 0 Å². The van der Waals surface area contributed by atoms with E-state index in [2.05, 4.69) is 457 Å². The van der Waals surface area contributed by atoms with Crippen molar-refractivity contribution in [2.45, 2.75) is 24.7 Å². The third-order valence-corrected chi connectivity index (χ3v) is 25.3. The Morgan fingerprint density at radius 2 is 0.517 bits per heavy atom. The highest BCUT2D eigenvalue weighted by Crippen LogP contribution is 2.59. The van der Waals surface area contributed by atoms with Crippen LogP contribution in [0.4, 0.5) is 0 Å². The summed E-state index contributed by atoms with van der Waals surface area (Å²) in [7, 11) is 0. The first-order valence-electron chi connectivity index (χ1n) is 40.4. The SMILES string of the molecule is CC1(C)c2ccccc2-c2c1ccc1c3cc(-c4ccc5c(c4)c4ccccc4n5-c4ccccc4)ccc3n(-c3ccc(-c4ccccc4)cc3)c21.c1ccc(-c2ccc(-n3c4ccc(-c5ccc6c(c5)c5ccccc5n6-c5ccccc5)cc4c4cc5c(cc43)C(c3ccccc3)(c3ccccc3)c3ccccc3-5)cc2)cc1. The highest BCUT2D eigenvalue weighted by Gasteiger charge is 2.47. The zero-order valence-electron chi connectivity index (χ0n) is 64.2. The lowest BCUT2D eigenvalue weighted by Crippen LogP contribution is -2.28. The Bertz CT molecular complexity index is 7620. The van der Waals surface area contributed by atoms with E-state index in [9.17, 15) is 0 Å². The fourth-order valence-corrected chi connectivity index (χ4v) is 20.0. The third-order valence-electron chi connectivity index (χ3n) is 25.3. The highest BCUT2D eigenvalue weighted by molar-refractivity contribution is 6.18. The molecule has 2 aliphatic carbocycles. The number of fused-ring (bicyclic) bond motifs is 19. The molecule has 4 nitrogen and oxygen atoms in total. The van der Waals surface area contributed by atoms with Crippen molar-refractivity contribution < 1.29 is 0 Å². The normalized spacial score (nSPS) is 13.1. The van der Waals surface area contributed by atoms with E-state index < -0.39 is 5.41 Å². The van der Waals surface area contributed by atoms with E-state index in [4.69, 9.17) is 0 Å². The van der Waals surface area contributed by atoms with Crippen molar-refractivity contribution in [1.82, 2.24) is 18.3 Å². The first-order chi connectivity index (χ1) is 57.3. The molecule has 4 aromatic heterocycles. The molecule has 18 aromatic carbocycles. The number of benzene rings is 18. The van der Waals surface area contributed by atoms with Crippen LogP contribution in [-0.2, 0) is 10.8 Å². The molecule has 0 radical (unpaired) electrons. The fraction of sp³-hybridized carbons (Fsp3) is 0.0357. The monoisotopic (exact) mass is 1480 g/mol. The topological polar surface area (TPSA) is 19.7 Å². The molecule has 0 amide bonds. The predicted octanol–water partition coefficient (Wildman–Crippen LogP) is 29.1. The Morgan fingerprint density at radius 3 is 1.01 bits per heavy atom. The number of rotatable bonds is 10. The number of nitrogens with zero attached hydrogens (tertiary/aromatic N) is 4. The average Bonchev–Trinajstić information content (AvgIpc) is 1.53. The number of aromatic nitrogens is 4. The Balaban J connectivity index is 0.000000139. The Morgan fingerprint density at radius 1 is 0.181 bits per heavy atom. The first kappa shape index (κ1) is 66.9. The van der Waals surface area contributed by atoms with Gasteiger partial charge >= 0.3 is 0 Å². The lowest BCUT2D eigenvalue weighted by Gasteiger charge is -2.34. The van der Waals surface area contributed by atoms with Gasteiger partial charge < -0.3 is 18.3 Å². The predicted molar refractivity (Wildman–Crippen MR) is 487 cm³/mol. The van der Waals surface area contributed by atoms with Crippen LogP contribution in [0.25, 0.3) is 177 Å². The fourth-order valence-electron chi connectivity index (χ4n) is 20.0. The maximum atomic E-state index is 2.51. The van der Waals surface area contributed by atoms with Gasteiger partial charge in [-0.25, -0.2) is 0 Å². The quantitative estimate of drug-likeness (QED) is 0.130. The number of hydrogen-bond donors (Lipinski definition) is 0. The van der Waals surface area contributed by atoms with Crippen LogP contribution in [0.15, 0.2) is 425 Å². The van der Waals surface area contributed by atoms with Crippen molar-refractivity contribution in [2.75, 3.05) is 0 Å². The molecule has 2 aliphatic rings. The first-order valence-corrected chi connectivity index (χ1v) is 40.4. The lowest BCUT2D eigenvalue weighted by atomic mass is 9.67. The van der Waals surface area contributed by atoms with Gasteiger partial charge in [0, 0.05) is 76.8 Å². The molecule has 4 heterocycles. The van der Waals surface area contributed by atoms with Gasteiger partial charge in [0.1, 0.15) is 0 Å². The summed E-state index contributed by atoms with van der Waals surface area (Å²) in [6.45, 7) is 4.74. The second-order valence-electron chi connectivity index (χ2n) is 31.8. The van der Waals surface area contributed by atoms with Gasteiger partial charge in [-0.15, -0.1) is 0 Å². The minimum atomic E-state index is -0.499. The van der Waals surface area contributed by atoms with Gasteiger partial charge in [-0.2, -0.15) is 0 Å². The lowest BCUT2D eigenvalue weighted by molar-refractivity contribution is 0.661. The van der Waals surface area contributed by atoms with Gasteiger partial charge in [0.25, 0.3) is 0 Å². The average molecular weight is 1480 g/mol. The molecule has 0 unspecified atom stereocenters. The van der Waals surface area contributed by atoms with E-state index >= 15 is 0 Å². The van der Waals surface area contributed by atoms with Crippen LogP contribution in [0, 0.1) is 0 Å². The summed E-state index contributed by atoms with van der Waals surface area (Å²) in [5.41, 5.74) is 36.7. The molecule has 22 aromatic rings. The minimum Gasteiger partial charge on any atom is -0.309 e. The molecule has 0 saturated heterocycles. The van der Waals surface area contributed by atoms with Crippen LogP contribution in [0.2, 0.25) is 0 Å². The molecule has 0 saturated carbocycles. The summed E-state index contributed by atoms with van der Waals surface area (Å²) in [6, 6.07) is 157.